The Bertz CT molecular complexity index is 575. The van der Waals surface area contributed by atoms with E-state index in [4.69, 9.17) is 11.6 Å². The molecule has 0 aliphatic heterocycles. The first-order valence-corrected chi connectivity index (χ1v) is 7.06. The quantitative estimate of drug-likeness (QED) is 0.913. The molecule has 5 heteroatoms. The average Bonchev–Trinajstić information content (AvgIpc) is 3.13. The first kappa shape index (κ1) is 12.6. The standard InChI is InChI=1S/C14H17ClN4/c1-2-13-16-5-6-19(13)14-12(15)7-10(9-18-14)8-17-11-3-4-11/h5-7,9,11,17H,2-4,8H2,1H3. The van der Waals surface area contributed by atoms with Gasteiger partial charge in [-0.3, -0.25) is 4.57 Å². The summed E-state index contributed by atoms with van der Waals surface area (Å²) in [6.07, 6.45) is 8.99. The Balaban J connectivity index is 1.82. The van der Waals surface area contributed by atoms with E-state index in [1.54, 1.807) is 6.20 Å². The van der Waals surface area contributed by atoms with Crippen molar-refractivity contribution in [2.24, 2.45) is 0 Å². The van der Waals surface area contributed by atoms with Gasteiger partial charge in [-0.15, -0.1) is 0 Å². The third kappa shape index (κ3) is 2.80. The van der Waals surface area contributed by atoms with Crippen LogP contribution in [0.1, 0.15) is 31.2 Å². The minimum Gasteiger partial charge on any atom is -0.310 e. The lowest BCUT2D eigenvalue weighted by Crippen LogP contribution is -2.15. The summed E-state index contributed by atoms with van der Waals surface area (Å²) < 4.78 is 1.94. The second-order valence-corrected chi connectivity index (χ2v) is 5.28. The van der Waals surface area contributed by atoms with Gasteiger partial charge in [0.25, 0.3) is 0 Å². The van der Waals surface area contributed by atoms with Gasteiger partial charge in [0.05, 0.1) is 5.02 Å². The highest BCUT2D eigenvalue weighted by atomic mass is 35.5. The molecule has 3 rings (SSSR count). The molecule has 0 unspecified atom stereocenters. The van der Waals surface area contributed by atoms with E-state index in [2.05, 4.69) is 22.2 Å². The van der Waals surface area contributed by atoms with Gasteiger partial charge < -0.3 is 5.32 Å². The van der Waals surface area contributed by atoms with E-state index >= 15 is 0 Å². The average molecular weight is 277 g/mol. The van der Waals surface area contributed by atoms with Gasteiger partial charge in [0.15, 0.2) is 5.82 Å². The van der Waals surface area contributed by atoms with Gasteiger partial charge in [-0.1, -0.05) is 18.5 Å². The van der Waals surface area contributed by atoms with Crippen LogP contribution in [-0.4, -0.2) is 20.6 Å². The molecule has 0 spiro atoms. The van der Waals surface area contributed by atoms with Crippen molar-refractivity contribution in [3.05, 3.63) is 41.1 Å². The topological polar surface area (TPSA) is 42.7 Å². The number of nitrogens with zero attached hydrogens (tertiary/aromatic N) is 3. The predicted molar refractivity (Wildman–Crippen MR) is 75.6 cm³/mol. The number of pyridine rings is 1. The van der Waals surface area contributed by atoms with Crippen molar-refractivity contribution in [2.45, 2.75) is 38.8 Å². The Morgan fingerprint density at radius 1 is 1.42 bits per heavy atom. The van der Waals surface area contributed by atoms with Crippen LogP contribution >= 0.6 is 11.6 Å². The molecule has 1 aliphatic rings. The van der Waals surface area contributed by atoms with Crippen LogP contribution in [0, 0.1) is 0 Å². The largest absolute Gasteiger partial charge is 0.310 e. The maximum atomic E-state index is 6.34. The van der Waals surface area contributed by atoms with Crippen molar-refractivity contribution in [1.29, 1.82) is 0 Å². The Kier molecular flexibility index (Phi) is 3.53. The van der Waals surface area contributed by atoms with Gasteiger partial charge in [0, 0.05) is 37.6 Å². The Morgan fingerprint density at radius 3 is 2.95 bits per heavy atom. The predicted octanol–water partition coefficient (Wildman–Crippen LogP) is 2.74. The molecule has 2 aromatic rings. The van der Waals surface area contributed by atoms with E-state index in [9.17, 15) is 0 Å². The van der Waals surface area contributed by atoms with Crippen LogP contribution in [-0.2, 0) is 13.0 Å². The molecule has 0 atom stereocenters. The molecular weight excluding hydrogens is 260 g/mol. The van der Waals surface area contributed by atoms with Gasteiger partial charge in [-0.25, -0.2) is 9.97 Å². The number of aryl methyl sites for hydroxylation is 1. The van der Waals surface area contributed by atoms with Crippen LogP contribution in [0.3, 0.4) is 0 Å². The lowest BCUT2D eigenvalue weighted by Gasteiger charge is -2.09. The Hall–Kier alpha value is -1.39. The molecule has 0 bridgehead atoms. The lowest BCUT2D eigenvalue weighted by atomic mass is 10.2. The molecule has 0 amide bonds. The van der Waals surface area contributed by atoms with Crippen molar-refractivity contribution in [3.63, 3.8) is 0 Å². The van der Waals surface area contributed by atoms with Crippen molar-refractivity contribution in [2.75, 3.05) is 0 Å². The fraction of sp³-hybridized carbons (Fsp3) is 0.429. The fourth-order valence-electron chi connectivity index (χ4n) is 2.08. The van der Waals surface area contributed by atoms with Crippen molar-refractivity contribution >= 4 is 11.6 Å². The minimum atomic E-state index is 0.669. The molecule has 2 aromatic heterocycles. The molecule has 2 heterocycles. The summed E-state index contributed by atoms with van der Waals surface area (Å²) in [5, 5.41) is 4.13. The van der Waals surface area contributed by atoms with Gasteiger partial charge in [-0.2, -0.15) is 0 Å². The summed E-state index contributed by atoms with van der Waals surface area (Å²) in [4.78, 5) is 8.77. The number of imidazole rings is 1. The number of nitrogens with one attached hydrogen (secondary N) is 1. The third-order valence-corrected chi connectivity index (χ3v) is 3.59. The summed E-state index contributed by atoms with van der Waals surface area (Å²) in [5.74, 6) is 1.73. The van der Waals surface area contributed by atoms with E-state index in [0.717, 1.165) is 30.2 Å². The van der Waals surface area contributed by atoms with Crippen molar-refractivity contribution in [1.82, 2.24) is 19.9 Å². The van der Waals surface area contributed by atoms with Crippen molar-refractivity contribution in [3.8, 4) is 5.82 Å². The van der Waals surface area contributed by atoms with Gasteiger partial charge >= 0.3 is 0 Å². The van der Waals surface area contributed by atoms with Crippen LogP contribution < -0.4 is 5.32 Å². The summed E-state index contributed by atoms with van der Waals surface area (Å²) in [6.45, 7) is 2.91. The van der Waals surface area contributed by atoms with Gasteiger partial charge in [0.2, 0.25) is 0 Å². The zero-order chi connectivity index (χ0) is 13.2. The van der Waals surface area contributed by atoms with E-state index in [-0.39, 0.29) is 0 Å². The Morgan fingerprint density at radius 2 is 2.26 bits per heavy atom. The number of rotatable bonds is 5. The molecule has 1 aliphatic carbocycles. The van der Waals surface area contributed by atoms with E-state index in [1.807, 2.05) is 23.0 Å². The first-order chi connectivity index (χ1) is 9.28. The highest BCUT2D eigenvalue weighted by Crippen LogP contribution is 2.22. The second-order valence-electron chi connectivity index (χ2n) is 4.87. The number of halogens is 1. The van der Waals surface area contributed by atoms with Crippen LogP contribution in [0.2, 0.25) is 5.02 Å². The highest BCUT2D eigenvalue weighted by Gasteiger charge is 2.20. The van der Waals surface area contributed by atoms with Crippen LogP contribution in [0.25, 0.3) is 5.82 Å². The molecule has 1 fully saturated rings. The molecule has 100 valence electrons. The molecule has 0 radical (unpaired) electrons. The van der Waals surface area contributed by atoms with Crippen LogP contribution in [0.15, 0.2) is 24.7 Å². The molecule has 0 aromatic carbocycles. The van der Waals surface area contributed by atoms with E-state index in [0.29, 0.717) is 11.1 Å². The Labute approximate surface area is 117 Å². The molecule has 4 nitrogen and oxygen atoms in total. The SMILES string of the molecule is CCc1nccn1-c1ncc(CNC2CC2)cc1Cl. The third-order valence-electron chi connectivity index (χ3n) is 3.31. The zero-order valence-electron chi connectivity index (χ0n) is 10.9. The molecule has 1 saturated carbocycles. The lowest BCUT2D eigenvalue weighted by molar-refractivity contribution is 0.685. The first-order valence-electron chi connectivity index (χ1n) is 6.68. The van der Waals surface area contributed by atoms with E-state index < -0.39 is 0 Å². The molecular formula is C14H17ClN4. The summed E-state index contributed by atoms with van der Waals surface area (Å²) in [5.41, 5.74) is 1.12. The normalized spacial score (nSPS) is 14.8. The van der Waals surface area contributed by atoms with Crippen LogP contribution in [0.4, 0.5) is 0 Å². The highest BCUT2D eigenvalue weighted by molar-refractivity contribution is 6.32. The number of hydrogen-bond acceptors (Lipinski definition) is 3. The fourth-order valence-corrected chi connectivity index (χ4v) is 2.36. The summed E-state index contributed by atoms with van der Waals surface area (Å²) >= 11 is 6.34. The second kappa shape index (κ2) is 5.31. The monoisotopic (exact) mass is 276 g/mol. The maximum Gasteiger partial charge on any atom is 0.156 e. The van der Waals surface area contributed by atoms with Gasteiger partial charge in [-0.05, 0) is 24.5 Å². The smallest absolute Gasteiger partial charge is 0.156 e. The maximum absolute atomic E-state index is 6.34. The van der Waals surface area contributed by atoms with E-state index in [1.165, 1.54) is 12.8 Å². The van der Waals surface area contributed by atoms with Gasteiger partial charge in [0.1, 0.15) is 5.82 Å². The zero-order valence-corrected chi connectivity index (χ0v) is 11.7. The molecule has 0 saturated heterocycles. The summed E-state index contributed by atoms with van der Waals surface area (Å²) in [7, 11) is 0. The summed E-state index contributed by atoms with van der Waals surface area (Å²) in [6, 6.07) is 2.68. The van der Waals surface area contributed by atoms with Crippen LogP contribution in [0.5, 0.6) is 0 Å². The number of hydrogen-bond donors (Lipinski definition) is 1. The minimum absolute atomic E-state index is 0.669. The molecule has 1 N–H and O–H groups in total. The van der Waals surface area contributed by atoms with Crippen molar-refractivity contribution < 1.29 is 0 Å². The molecule has 19 heavy (non-hydrogen) atoms. The number of aromatic nitrogens is 3.